The summed E-state index contributed by atoms with van der Waals surface area (Å²) >= 11 is 5.87. The van der Waals surface area contributed by atoms with Crippen molar-refractivity contribution in [1.29, 1.82) is 0 Å². The summed E-state index contributed by atoms with van der Waals surface area (Å²) < 4.78 is 18.5. The highest BCUT2D eigenvalue weighted by molar-refractivity contribution is 6.33. The van der Waals surface area contributed by atoms with Gasteiger partial charge in [0.2, 0.25) is 5.91 Å². The van der Waals surface area contributed by atoms with Crippen molar-refractivity contribution in [2.75, 3.05) is 25.0 Å². The molecule has 1 aliphatic rings. The maximum Gasteiger partial charge on any atom is 0.238 e. The highest BCUT2D eigenvalue weighted by Gasteiger charge is 2.23. The fraction of sp³-hybridized carbons (Fsp3) is 0.500. The van der Waals surface area contributed by atoms with Gasteiger partial charge in [0.1, 0.15) is 5.82 Å². The van der Waals surface area contributed by atoms with Crippen LogP contribution in [0.3, 0.4) is 0 Å². The number of hydrogen-bond donors (Lipinski definition) is 1. The molecule has 0 aromatic heterocycles. The number of nitrogens with zero attached hydrogens (tertiary/aromatic N) is 1. The zero-order chi connectivity index (χ0) is 14.7. The molecular weight excluding hydrogens is 283 g/mol. The summed E-state index contributed by atoms with van der Waals surface area (Å²) in [6.45, 7) is 5.67. The predicted molar refractivity (Wildman–Crippen MR) is 76.5 cm³/mol. The molecule has 0 unspecified atom stereocenters. The van der Waals surface area contributed by atoms with Crippen LogP contribution in [0.2, 0.25) is 5.02 Å². The summed E-state index contributed by atoms with van der Waals surface area (Å²) in [7, 11) is 0. The summed E-state index contributed by atoms with van der Waals surface area (Å²) in [4.78, 5) is 14.0. The smallest absolute Gasteiger partial charge is 0.238 e. The van der Waals surface area contributed by atoms with Crippen molar-refractivity contribution in [2.24, 2.45) is 0 Å². The van der Waals surface area contributed by atoms with Crippen LogP contribution in [0.25, 0.3) is 0 Å². The molecule has 1 aromatic rings. The molecule has 1 heterocycles. The first-order chi connectivity index (χ1) is 9.44. The van der Waals surface area contributed by atoms with Crippen molar-refractivity contribution in [1.82, 2.24) is 4.90 Å². The number of morpholine rings is 1. The maximum absolute atomic E-state index is 12.9. The van der Waals surface area contributed by atoms with E-state index in [9.17, 15) is 9.18 Å². The van der Waals surface area contributed by atoms with E-state index in [0.717, 1.165) is 13.1 Å². The highest BCUT2D eigenvalue weighted by atomic mass is 35.5. The topological polar surface area (TPSA) is 41.6 Å². The van der Waals surface area contributed by atoms with Gasteiger partial charge in [0.05, 0.1) is 29.5 Å². The van der Waals surface area contributed by atoms with Crippen LogP contribution in [0.5, 0.6) is 0 Å². The van der Waals surface area contributed by atoms with Gasteiger partial charge in [0.25, 0.3) is 0 Å². The lowest BCUT2D eigenvalue weighted by molar-refractivity contribution is -0.121. The second-order valence-corrected chi connectivity index (χ2v) is 5.53. The predicted octanol–water partition coefficient (Wildman–Crippen LogP) is 2.53. The van der Waals surface area contributed by atoms with Gasteiger partial charge in [-0.1, -0.05) is 11.6 Å². The molecule has 1 aliphatic heterocycles. The van der Waals surface area contributed by atoms with Gasteiger partial charge < -0.3 is 10.1 Å². The zero-order valence-corrected chi connectivity index (χ0v) is 12.3. The molecule has 20 heavy (non-hydrogen) atoms. The third kappa shape index (κ3) is 4.16. The second-order valence-electron chi connectivity index (χ2n) is 5.12. The van der Waals surface area contributed by atoms with Gasteiger partial charge in [-0.15, -0.1) is 0 Å². The van der Waals surface area contributed by atoms with Crippen molar-refractivity contribution in [2.45, 2.75) is 26.1 Å². The van der Waals surface area contributed by atoms with Crippen molar-refractivity contribution in [3.8, 4) is 0 Å². The van der Waals surface area contributed by atoms with Crippen LogP contribution in [0.4, 0.5) is 10.1 Å². The molecule has 0 aliphatic carbocycles. The molecule has 0 spiro atoms. The molecule has 0 radical (unpaired) electrons. The Balaban J connectivity index is 1.92. The monoisotopic (exact) mass is 300 g/mol. The number of rotatable bonds is 3. The van der Waals surface area contributed by atoms with E-state index in [4.69, 9.17) is 16.3 Å². The Hall–Kier alpha value is -1.17. The van der Waals surface area contributed by atoms with E-state index in [1.165, 1.54) is 18.2 Å². The standard InChI is InChI=1S/C14H18ClFN2O2/c1-9-6-18(7-10(2)20-9)8-14(19)17-13-4-3-11(16)5-12(13)15/h3-5,9-10H,6-8H2,1-2H3,(H,17,19)/t9-,10-/m1/s1. The molecule has 2 atom stereocenters. The summed E-state index contributed by atoms with van der Waals surface area (Å²) in [6.07, 6.45) is 0.224. The van der Waals surface area contributed by atoms with E-state index in [0.29, 0.717) is 5.69 Å². The van der Waals surface area contributed by atoms with E-state index >= 15 is 0 Å². The summed E-state index contributed by atoms with van der Waals surface area (Å²) in [6, 6.07) is 3.90. The van der Waals surface area contributed by atoms with Gasteiger partial charge in [0, 0.05) is 13.1 Å². The Morgan fingerprint density at radius 3 is 2.70 bits per heavy atom. The van der Waals surface area contributed by atoms with Crippen molar-refractivity contribution < 1.29 is 13.9 Å². The minimum Gasteiger partial charge on any atom is -0.373 e. The molecule has 4 nitrogen and oxygen atoms in total. The lowest BCUT2D eigenvalue weighted by Gasteiger charge is -2.34. The number of carbonyl (C=O) groups excluding carboxylic acids is 1. The molecule has 1 N–H and O–H groups in total. The Morgan fingerprint density at radius 2 is 2.10 bits per heavy atom. The third-order valence-corrected chi connectivity index (χ3v) is 3.38. The number of hydrogen-bond acceptors (Lipinski definition) is 3. The Morgan fingerprint density at radius 1 is 1.45 bits per heavy atom. The first-order valence-corrected chi connectivity index (χ1v) is 6.94. The van der Waals surface area contributed by atoms with Gasteiger partial charge in [0.15, 0.2) is 0 Å². The Kier molecular flexibility index (Phi) is 4.96. The SMILES string of the molecule is C[C@@H]1CN(CC(=O)Nc2ccc(F)cc2Cl)C[C@@H](C)O1. The fourth-order valence-corrected chi connectivity index (χ4v) is 2.61. The molecule has 1 saturated heterocycles. The normalized spacial score (nSPS) is 23.6. The van der Waals surface area contributed by atoms with E-state index in [1.807, 2.05) is 18.7 Å². The van der Waals surface area contributed by atoms with Gasteiger partial charge in [-0.05, 0) is 32.0 Å². The van der Waals surface area contributed by atoms with Crippen molar-refractivity contribution >= 4 is 23.2 Å². The van der Waals surface area contributed by atoms with E-state index < -0.39 is 5.82 Å². The second kappa shape index (κ2) is 6.52. The first kappa shape index (κ1) is 15.2. The van der Waals surface area contributed by atoms with E-state index in [1.54, 1.807) is 0 Å². The van der Waals surface area contributed by atoms with Gasteiger partial charge in [-0.2, -0.15) is 0 Å². The number of anilines is 1. The van der Waals surface area contributed by atoms with Crippen LogP contribution in [-0.2, 0) is 9.53 Å². The minimum atomic E-state index is -0.427. The van der Waals surface area contributed by atoms with Crippen LogP contribution in [0, 0.1) is 5.82 Å². The number of benzene rings is 1. The van der Waals surface area contributed by atoms with Crippen LogP contribution in [0.1, 0.15) is 13.8 Å². The fourth-order valence-electron chi connectivity index (χ4n) is 2.40. The van der Waals surface area contributed by atoms with Crippen LogP contribution >= 0.6 is 11.6 Å². The van der Waals surface area contributed by atoms with Crippen LogP contribution in [0.15, 0.2) is 18.2 Å². The van der Waals surface area contributed by atoms with Crippen molar-refractivity contribution in [3.05, 3.63) is 29.0 Å². The molecule has 0 bridgehead atoms. The first-order valence-electron chi connectivity index (χ1n) is 6.56. The minimum absolute atomic E-state index is 0.112. The molecule has 1 amide bonds. The molecule has 1 aromatic carbocycles. The summed E-state index contributed by atoms with van der Waals surface area (Å²) in [5.74, 6) is -0.594. The Labute approximate surface area is 122 Å². The Bertz CT molecular complexity index is 488. The average molecular weight is 301 g/mol. The van der Waals surface area contributed by atoms with Gasteiger partial charge >= 0.3 is 0 Å². The largest absolute Gasteiger partial charge is 0.373 e. The number of halogens is 2. The number of carbonyl (C=O) groups is 1. The summed E-state index contributed by atoms with van der Waals surface area (Å²) in [5.41, 5.74) is 0.424. The molecule has 6 heteroatoms. The zero-order valence-electron chi connectivity index (χ0n) is 11.5. The van der Waals surface area contributed by atoms with Gasteiger partial charge in [-0.3, -0.25) is 9.69 Å². The average Bonchev–Trinajstić information content (AvgIpc) is 2.31. The number of amides is 1. The van der Waals surface area contributed by atoms with Gasteiger partial charge in [-0.25, -0.2) is 4.39 Å². The van der Waals surface area contributed by atoms with E-state index in [-0.39, 0.29) is 29.7 Å². The van der Waals surface area contributed by atoms with E-state index in [2.05, 4.69) is 5.32 Å². The summed E-state index contributed by atoms with van der Waals surface area (Å²) in [5, 5.41) is 2.89. The highest BCUT2D eigenvalue weighted by Crippen LogP contribution is 2.22. The quantitative estimate of drug-likeness (QED) is 0.932. The molecule has 1 fully saturated rings. The lowest BCUT2D eigenvalue weighted by Crippen LogP contribution is -2.48. The van der Waals surface area contributed by atoms with Crippen LogP contribution in [-0.4, -0.2) is 42.6 Å². The number of nitrogens with one attached hydrogen (secondary N) is 1. The molecule has 2 rings (SSSR count). The maximum atomic E-state index is 12.9. The lowest BCUT2D eigenvalue weighted by atomic mass is 10.2. The third-order valence-electron chi connectivity index (χ3n) is 3.07. The number of ether oxygens (including phenoxy) is 1. The molecule has 0 saturated carbocycles. The molecule has 110 valence electrons. The van der Waals surface area contributed by atoms with Crippen LogP contribution < -0.4 is 5.32 Å². The molecular formula is C14H18ClFN2O2. The van der Waals surface area contributed by atoms with Crippen molar-refractivity contribution in [3.63, 3.8) is 0 Å².